The van der Waals surface area contributed by atoms with Crippen LogP contribution in [-0.2, 0) is 13.0 Å². The number of nitrogens with one attached hydrogen (secondary N) is 1. The van der Waals surface area contributed by atoms with Gasteiger partial charge in [-0.2, -0.15) is 0 Å². The Hall–Kier alpha value is -3.80. The quantitative estimate of drug-likeness (QED) is 0.552. The average Bonchev–Trinajstić information content (AvgIpc) is 2.76. The molecular weight excluding hydrogens is 376 g/mol. The van der Waals surface area contributed by atoms with Crippen molar-refractivity contribution in [2.45, 2.75) is 26.8 Å². The van der Waals surface area contributed by atoms with Crippen LogP contribution in [0.15, 0.2) is 71.9 Å². The highest BCUT2D eigenvalue weighted by atomic mass is 16.1. The first-order chi connectivity index (χ1) is 14.5. The molecule has 3 heterocycles. The van der Waals surface area contributed by atoms with Crippen LogP contribution in [0, 0.1) is 6.92 Å². The summed E-state index contributed by atoms with van der Waals surface area (Å²) in [6.45, 7) is 4.24. The van der Waals surface area contributed by atoms with Crippen LogP contribution < -0.4 is 10.9 Å². The standard InChI is InChI=1S/C24H22N4O2/c1-3-17-6-4-8-19(12-17)27-23(29)20-13-21-22(26-16(20)2)9-11-28(24(21)30)15-18-7-5-10-25-14-18/h4-14H,3,15H2,1-2H3,(H,27,29). The monoisotopic (exact) mass is 398 g/mol. The van der Waals surface area contributed by atoms with Gasteiger partial charge in [0.1, 0.15) is 0 Å². The number of aromatic nitrogens is 3. The normalized spacial score (nSPS) is 10.9. The van der Waals surface area contributed by atoms with Gasteiger partial charge in [-0.25, -0.2) is 0 Å². The van der Waals surface area contributed by atoms with E-state index in [0.29, 0.717) is 28.7 Å². The van der Waals surface area contributed by atoms with Crippen LogP contribution in [0.4, 0.5) is 5.69 Å². The number of aryl methyl sites for hydroxylation is 2. The largest absolute Gasteiger partial charge is 0.322 e. The van der Waals surface area contributed by atoms with Crippen molar-refractivity contribution < 1.29 is 4.79 Å². The highest BCUT2D eigenvalue weighted by molar-refractivity contribution is 6.06. The molecule has 3 aromatic heterocycles. The summed E-state index contributed by atoms with van der Waals surface area (Å²) in [5, 5.41) is 3.33. The molecule has 0 radical (unpaired) electrons. The minimum absolute atomic E-state index is 0.189. The van der Waals surface area contributed by atoms with Crippen LogP contribution in [0.2, 0.25) is 0 Å². The summed E-state index contributed by atoms with van der Waals surface area (Å²) in [5.74, 6) is -0.280. The van der Waals surface area contributed by atoms with Gasteiger partial charge in [0.15, 0.2) is 0 Å². The smallest absolute Gasteiger partial charge is 0.260 e. The van der Waals surface area contributed by atoms with Crippen molar-refractivity contribution in [1.29, 1.82) is 0 Å². The van der Waals surface area contributed by atoms with Gasteiger partial charge in [0.05, 0.1) is 28.7 Å². The van der Waals surface area contributed by atoms with E-state index in [4.69, 9.17) is 0 Å². The van der Waals surface area contributed by atoms with Gasteiger partial charge >= 0.3 is 0 Å². The first kappa shape index (κ1) is 19.5. The first-order valence-corrected chi connectivity index (χ1v) is 9.85. The highest BCUT2D eigenvalue weighted by Crippen LogP contribution is 2.17. The van der Waals surface area contributed by atoms with Crippen molar-refractivity contribution in [2.24, 2.45) is 0 Å². The summed E-state index contributed by atoms with van der Waals surface area (Å²) >= 11 is 0. The van der Waals surface area contributed by atoms with E-state index in [0.717, 1.165) is 23.2 Å². The molecule has 0 saturated heterocycles. The van der Waals surface area contributed by atoms with E-state index >= 15 is 0 Å². The molecule has 1 amide bonds. The van der Waals surface area contributed by atoms with Crippen molar-refractivity contribution in [3.05, 3.63) is 99.9 Å². The number of amides is 1. The summed E-state index contributed by atoms with van der Waals surface area (Å²) in [4.78, 5) is 34.5. The fraction of sp³-hybridized carbons (Fsp3) is 0.167. The molecule has 1 aromatic carbocycles. The van der Waals surface area contributed by atoms with E-state index in [1.54, 1.807) is 42.2 Å². The van der Waals surface area contributed by atoms with Gasteiger partial charge in [0, 0.05) is 24.3 Å². The predicted molar refractivity (Wildman–Crippen MR) is 118 cm³/mol. The molecule has 150 valence electrons. The first-order valence-electron chi connectivity index (χ1n) is 9.85. The summed E-state index contributed by atoms with van der Waals surface area (Å²) in [6, 6.07) is 14.9. The molecule has 0 atom stereocenters. The number of benzene rings is 1. The maximum atomic E-state index is 13.0. The third kappa shape index (κ3) is 3.98. The molecule has 0 fully saturated rings. The van der Waals surface area contributed by atoms with Crippen molar-refractivity contribution in [3.63, 3.8) is 0 Å². The summed E-state index contributed by atoms with van der Waals surface area (Å²) in [5.41, 5.74) is 4.14. The molecule has 1 N–H and O–H groups in total. The number of anilines is 1. The molecule has 0 aliphatic carbocycles. The van der Waals surface area contributed by atoms with E-state index in [2.05, 4.69) is 22.2 Å². The Bertz CT molecular complexity index is 1280. The van der Waals surface area contributed by atoms with Crippen LogP contribution in [0.3, 0.4) is 0 Å². The van der Waals surface area contributed by atoms with Crippen LogP contribution in [0.5, 0.6) is 0 Å². The zero-order valence-corrected chi connectivity index (χ0v) is 16.9. The lowest BCUT2D eigenvalue weighted by Gasteiger charge is -2.11. The zero-order chi connectivity index (χ0) is 21.1. The van der Waals surface area contributed by atoms with Crippen molar-refractivity contribution in [2.75, 3.05) is 5.32 Å². The fourth-order valence-electron chi connectivity index (χ4n) is 3.42. The van der Waals surface area contributed by atoms with Crippen LogP contribution in [0.25, 0.3) is 10.9 Å². The fourth-order valence-corrected chi connectivity index (χ4v) is 3.42. The van der Waals surface area contributed by atoms with Crippen molar-refractivity contribution in [3.8, 4) is 0 Å². The van der Waals surface area contributed by atoms with Crippen LogP contribution in [0.1, 0.15) is 34.1 Å². The number of rotatable bonds is 5. The Labute approximate surface area is 174 Å². The zero-order valence-electron chi connectivity index (χ0n) is 16.9. The lowest BCUT2D eigenvalue weighted by molar-refractivity contribution is 0.102. The third-order valence-corrected chi connectivity index (χ3v) is 5.06. The van der Waals surface area contributed by atoms with Crippen LogP contribution >= 0.6 is 0 Å². The molecule has 0 aliphatic heterocycles. The Morgan fingerprint density at radius 3 is 2.70 bits per heavy atom. The van der Waals surface area contributed by atoms with Gasteiger partial charge < -0.3 is 9.88 Å². The number of hydrogen-bond acceptors (Lipinski definition) is 4. The molecule has 6 heteroatoms. The summed E-state index contributed by atoms with van der Waals surface area (Å²) in [6.07, 6.45) is 6.03. The maximum absolute atomic E-state index is 13.0. The van der Waals surface area contributed by atoms with Gasteiger partial charge in [0.2, 0.25) is 0 Å². The van der Waals surface area contributed by atoms with Gasteiger partial charge in [-0.15, -0.1) is 0 Å². The predicted octanol–water partition coefficient (Wildman–Crippen LogP) is 3.96. The number of fused-ring (bicyclic) bond motifs is 1. The number of hydrogen-bond donors (Lipinski definition) is 1. The topological polar surface area (TPSA) is 76.9 Å². The minimum atomic E-state index is -0.280. The van der Waals surface area contributed by atoms with Gasteiger partial charge in [0.25, 0.3) is 11.5 Å². The molecule has 30 heavy (non-hydrogen) atoms. The van der Waals surface area contributed by atoms with E-state index in [1.807, 2.05) is 36.4 Å². The molecule has 0 unspecified atom stereocenters. The molecule has 6 nitrogen and oxygen atoms in total. The molecule has 0 aliphatic rings. The van der Waals surface area contributed by atoms with E-state index < -0.39 is 0 Å². The maximum Gasteiger partial charge on any atom is 0.260 e. The Morgan fingerprint density at radius 2 is 1.93 bits per heavy atom. The lowest BCUT2D eigenvalue weighted by Crippen LogP contribution is -2.22. The molecule has 4 aromatic rings. The molecule has 0 saturated carbocycles. The SMILES string of the molecule is CCc1cccc(NC(=O)c2cc3c(=O)n(Cc4cccnc4)ccc3nc2C)c1. The van der Waals surface area contributed by atoms with E-state index in [9.17, 15) is 9.59 Å². The molecule has 4 rings (SSSR count). The van der Waals surface area contributed by atoms with E-state index in [-0.39, 0.29) is 11.5 Å². The third-order valence-electron chi connectivity index (χ3n) is 5.06. The van der Waals surface area contributed by atoms with Crippen molar-refractivity contribution >= 4 is 22.5 Å². The second-order valence-electron chi connectivity index (χ2n) is 7.17. The minimum Gasteiger partial charge on any atom is -0.322 e. The molecule has 0 spiro atoms. The van der Waals surface area contributed by atoms with Gasteiger partial charge in [-0.1, -0.05) is 25.1 Å². The number of carbonyl (C=O) groups is 1. The Morgan fingerprint density at radius 1 is 1.10 bits per heavy atom. The summed E-state index contributed by atoms with van der Waals surface area (Å²) < 4.78 is 1.60. The highest BCUT2D eigenvalue weighted by Gasteiger charge is 2.15. The average molecular weight is 398 g/mol. The van der Waals surface area contributed by atoms with Gasteiger partial charge in [-0.05, 0) is 54.8 Å². The van der Waals surface area contributed by atoms with Gasteiger partial charge in [-0.3, -0.25) is 19.6 Å². The molecular formula is C24H22N4O2. The second kappa shape index (κ2) is 8.29. The second-order valence-corrected chi connectivity index (χ2v) is 7.17. The van der Waals surface area contributed by atoms with E-state index in [1.165, 1.54) is 0 Å². The summed E-state index contributed by atoms with van der Waals surface area (Å²) in [7, 11) is 0. The lowest BCUT2D eigenvalue weighted by atomic mass is 10.1. The number of nitrogens with zero attached hydrogens (tertiary/aromatic N) is 3. The molecule has 0 bridgehead atoms. The Kier molecular flexibility index (Phi) is 5.39. The number of carbonyl (C=O) groups excluding carboxylic acids is 1. The van der Waals surface area contributed by atoms with Crippen molar-refractivity contribution in [1.82, 2.24) is 14.5 Å². The Balaban J connectivity index is 1.69. The van der Waals surface area contributed by atoms with Crippen LogP contribution in [-0.4, -0.2) is 20.4 Å². The number of pyridine rings is 3.